The number of amides is 1. The SMILES string of the molecule is CC(C)COc1ccc(C2NCCNC2=O)cc1. The van der Waals surface area contributed by atoms with E-state index < -0.39 is 0 Å². The average molecular weight is 248 g/mol. The quantitative estimate of drug-likeness (QED) is 0.848. The number of hydrogen-bond donors (Lipinski definition) is 2. The van der Waals surface area contributed by atoms with E-state index in [1.807, 2.05) is 24.3 Å². The average Bonchev–Trinajstić information content (AvgIpc) is 2.38. The number of piperazine rings is 1. The molecule has 1 aliphatic heterocycles. The van der Waals surface area contributed by atoms with Gasteiger partial charge in [-0.05, 0) is 23.6 Å². The highest BCUT2D eigenvalue weighted by molar-refractivity contribution is 5.83. The third-order valence-electron chi connectivity index (χ3n) is 2.83. The highest BCUT2D eigenvalue weighted by Crippen LogP contribution is 2.19. The van der Waals surface area contributed by atoms with E-state index in [1.54, 1.807) is 0 Å². The molecule has 98 valence electrons. The highest BCUT2D eigenvalue weighted by Gasteiger charge is 2.22. The van der Waals surface area contributed by atoms with E-state index in [-0.39, 0.29) is 11.9 Å². The van der Waals surface area contributed by atoms with Gasteiger partial charge in [0, 0.05) is 13.1 Å². The Bertz CT molecular complexity index is 401. The maximum atomic E-state index is 11.7. The van der Waals surface area contributed by atoms with Crippen LogP contribution in [0.5, 0.6) is 5.75 Å². The van der Waals surface area contributed by atoms with Gasteiger partial charge in [0.2, 0.25) is 5.91 Å². The molecular weight excluding hydrogens is 228 g/mol. The molecule has 4 heteroatoms. The molecule has 1 saturated heterocycles. The topological polar surface area (TPSA) is 50.4 Å². The van der Waals surface area contributed by atoms with Crippen LogP contribution >= 0.6 is 0 Å². The van der Waals surface area contributed by atoms with Gasteiger partial charge in [0.25, 0.3) is 0 Å². The van der Waals surface area contributed by atoms with Gasteiger partial charge in [0.05, 0.1) is 6.61 Å². The largest absolute Gasteiger partial charge is 0.493 e. The van der Waals surface area contributed by atoms with Crippen molar-refractivity contribution in [2.24, 2.45) is 5.92 Å². The Hall–Kier alpha value is -1.55. The molecule has 0 saturated carbocycles. The van der Waals surface area contributed by atoms with Crippen molar-refractivity contribution in [3.05, 3.63) is 29.8 Å². The summed E-state index contributed by atoms with van der Waals surface area (Å²) in [5.41, 5.74) is 0.976. The van der Waals surface area contributed by atoms with Crippen molar-refractivity contribution in [2.45, 2.75) is 19.9 Å². The van der Waals surface area contributed by atoms with Crippen LogP contribution in [0.1, 0.15) is 25.5 Å². The van der Waals surface area contributed by atoms with Crippen LogP contribution < -0.4 is 15.4 Å². The Morgan fingerprint density at radius 1 is 1.28 bits per heavy atom. The molecule has 1 amide bonds. The molecule has 1 heterocycles. The van der Waals surface area contributed by atoms with Gasteiger partial charge < -0.3 is 15.4 Å². The lowest BCUT2D eigenvalue weighted by molar-refractivity contribution is -0.124. The van der Waals surface area contributed by atoms with Crippen molar-refractivity contribution in [1.82, 2.24) is 10.6 Å². The van der Waals surface area contributed by atoms with E-state index in [2.05, 4.69) is 24.5 Å². The molecule has 0 aromatic heterocycles. The second-order valence-electron chi connectivity index (χ2n) is 4.95. The molecule has 1 aromatic rings. The van der Waals surface area contributed by atoms with E-state index in [0.29, 0.717) is 19.1 Å². The van der Waals surface area contributed by atoms with Crippen LogP contribution in [0, 0.1) is 5.92 Å². The van der Waals surface area contributed by atoms with Crippen LogP contribution in [0.15, 0.2) is 24.3 Å². The van der Waals surface area contributed by atoms with Crippen molar-refractivity contribution in [2.75, 3.05) is 19.7 Å². The molecule has 18 heavy (non-hydrogen) atoms. The van der Waals surface area contributed by atoms with Gasteiger partial charge in [0.1, 0.15) is 11.8 Å². The standard InChI is InChI=1S/C14H20N2O2/c1-10(2)9-18-12-5-3-11(4-6-12)13-14(17)16-8-7-15-13/h3-6,10,13,15H,7-9H2,1-2H3,(H,16,17). The predicted molar refractivity (Wildman–Crippen MR) is 70.5 cm³/mol. The van der Waals surface area contributed by atoms with Gasteiger partial charge in [0.15, 0.2) is 0 Å². The summed E-state index contributed by atoms with van der Waals surface area (Å²) in [5, 5.41) is 6.05. The van der Waals surface area contributed by atoms with Gasteiger partial charge >= 0.3 is 0 Å². The second-order valence-corrected chi connectivity index (χ2v) is 4.95. The van der Waals surface area contributed by atoms with Gasteiger partial charge in [-0.3, -0.25) is 4.79 Å². The van der Waals surface area contributed by atoms with Crippen molar-refractivity contribution in [3.8, 4) is 5.75 Å². The van der Waals surface area contributed by atoms with Crippen LogP contribution in [-0.2, 0) is 4.79 Å². The Balaban J connectivity index is 2.00. The summed E-state index contributed by atoms with van der Waals surface area (Å²) in [6.07, 6.45) is 0. The number of hydrogen-bond acceptors (Lipinski definition) is 3. The third kappa shape index (κ3) is 3.23. The molecule has 2 rings (SSSR count). The second kappa shape index (κ2) is 5.87. The number of benzene rings is 1. The molecule has 0 bridgehead atoms. The normalized spacial score (nSPS) is 19.7. The Kier molecular flexibility index (Phi) is 4.20. The maximum absolute atomic E-state index is 11.7. The molecule has 1 aromatic carbocycles. The predicted octanol–water partition coefficient (Wildman–Crippen LogP) is 1.48. The van der Waals surface area contributed by atoms with Gasteiger partial charge in [-0.15, -0.1) is 0 Å². The van der Waals surface area contributed by atoms with Crippen LogP contribution in [0.3, 0.4) is 0 Å². The Morgan fingerprint density at radius 2 is 2.00 bits per heavy atom. The summed E-state index contributed by atoms with van der Waals surface area (Å²) in [5.74, 6) is 1.40. The Morgan fingerprint density at radius 3 is 2.61 bits per heavy atom. The lowest BCUT2D eigenvalue weighted by Crippen LogP contribution is -2.47. The first-order chi connectivity index (χ1) is 8.66. The summed E-state index contributed by atoms with van der Waals surface area (Å²) in [6, 6.07) is 7.48. The van der Waals surface area contributed by atoms with Crippen LogP contribution in [0.4, 0.5) is 0 Å². The van der Waals surface area contributed by atoms with Crippen LogP contribution in [-0.4, -0.2) is 25.6 Å². The third-order valence-corrected chi connectivity index (χ3v) is 2.83. The van der Waals surface area contributed by atoms with E-state index >= 15 is 0 Å². The smallest absolute Gasteiger partial charge is 0.241 e. The fourth-order valence-electron chi connectivity index (χ4n) is 1.89. The minimum absolute atomic E-state index is 0.0390. The summed E-state index contributed by atoms with van der Waals surface area (Å²) < 4.78 is 5.62. The number of carbonyl (C=O) groups is 1. The fraction of sp³-hybridized carbons (Fsp3) is 0.500. The molecule has 2 N–H and O–H groups in total. The molecule has 1 unspecified atom stereocenters. The fourth-order valence-corrected chi connectivity index (χ4v) is 1.89. The zero-order valence-electron chi connectivity index (χ0n) is 10.9. The van der Waals surface area contributed by atoms with Gasteiger partial charge in [-0.25, -0.2) is 0 Å². The van der Waals surface area contributed by atoms with Gasteiger partial charge in [-0.2, -0.15) is 0 Å². The number of nitrogens with one attached hydrogen (secondary N) is 2. The minimum Gasteiger partial charge on any atom is -0.493 e. The molecule has 1 atom stereocenters. The molecule has 0 aliphatic carbocycles. The molecule has 4 nitrogen and oxygen atoms in total. The first-order valence-corrected chi connectivity index (χ1v) is 6.40. The highest BCUT2D eigenvalue weighted by atomic mass is 16.5. The van der Waals surface area contributed by atoms with Crippen molar-refractivity contribution < 1.29 is 9.53 Å². The summed E-state index contributed by atoms with van der Waals surface area (Å²) in [4.78, 5) is 11.7. The molecular formula is C14H20N2O2. The Labute approximate surface area is 108 Å². The van der Waals surface area contributed by atoms with E-state index in [4.69, 9.17) is 4.74 Å². The number of ether oxygens (including phenoxy) is 1. The van der Waals surface area contributed by atoms with Crippen molar-refractivity contribution in [3.63, 3.8) is 0 Å². The zero-order valence-corrected chi connectivity index (χ0v) is 10.9. The van der Waals surface area contributed by atoms with Crippen molar-refractivity contribution >= 4 is 5.91 Å². The van der Waals surface area contributed by atoms with E-state index in [0.717, 1.165) is 17.9 Å². The number of rotatable bonds is 4. The van der Waals surface area contributed by atoms with Crippen LogP contribution in [0.25, 0.3) is 0 Å². The minimum atomic E-state index is -0.238. The van der Waals surface area contributed by atoms with Gasteiger partial charge in [-0.1, -0.05) is 26.0 Å². The van der Waals surface area contributed by atoms with Crippen LogP contribution in [0.2, 0.25) is 0 Å². The summed E-state index contributed by atoms with van der Waals surface area (Å²) >= 11 is 0. The first-order valence-electron chi connectivity index (χ1n) is 6.40. The summed E-state index contributed by atoms with van der Waals surface area (Å²) in [7, 11) is 0. The zero-order chi connectivity index (χ0) is 13.0. The van der Waals surface area contributed by atoms with Crippen molar-refractivity contribution in [1.29, 1.82) is 0 Å². The molecule has 0 spiro atoms. The lowest BCUT2D eigenvalue weighted by atomic mass is 10.0. The lowest BCUT2D eigenvalue weighted by Gasteiger charge is -2.23. The summed E-state index contributed by atoms with van der Waals surface area (Å²) in [6.45, 7) is 6.45. The van der Waals surface area contributed by atoms with E-state index in [1.165, 1.54) is 0 Å². The molecule has 0 radical (unpaired) electrons. The first kappa shape index (κ1) is 12.9. The maximum Gasteiger partial charge on any atom is 0.241 e. The van der Waals surface area contributed by atoms with E-state index in [9.17, 15) is 4.79 Å². The molecule has 1 aliphatic rings. The number of carbonyl (C=O) groups excluding carboxylic acids is 1. The monoisotopic (exact) mass is 248 g/mol. The molecule has 1 fully saturated rings.